The number of hydrogen-bond donors (Lipinski definition) is 2. The first-order valence-electron chi connectivity index (χ1n) is 11.0. The van der Waals surface area contributed by atoms with Gasteiger partial charge in [0.1, 0.15) is 17.6 Å². The Balaban J connectivity index is 0.000000318. The number of ether oxygens (including phenoxy) is 3. The molecule has 3 heterocycles. The molecule has 0 aliphatic carbocycles. The van der Waals surface area contributed by atoms with E-state index in [1.807, 2.05) is 49.4 Å². The van der Waals surface area contributed by atoms with E-state index < -0.39 is 0 Å². The Kier molecular flexibility index (Phi) is 7.10. The standard InChI is InChI=1S/C21H21NO4.C5H7NO/c1-2-16-18-11-17(20(23)12-19(18)22-21(16)24)13-3-5-14(6-4-13)26-15-7-9-25-10-8-15;1-7-5-3-2-4-6-5/h2-6,11-12,15,23H,7-10H2,1H3,(H,22,24);2-3H,4H2,1H3/b16-2-;. The molecule has 1 amide bonds. The van der Waals surface area contributed by atoms with Crippen molar-refractivity contribution in [2.75, 3.05) is 32.2 Å². The minimum atomic E-state index is -0.140. The van der Waals surface area contributed by atoms with Crippen molar-refractivity contribution in [2.24, 2.45) is 4.99 Å². The molecule has 1 saturated heterocycles. The number of allylic oxidation sites excluding steroid dienone is 1. The van der Waals surface area contributed by atoms with Gasteiger partial charge in [0.05, 0.1) is 32.6 Å². The third-order valence-corrected chi connectivity index (χ3v) is 5.67. The van der Waals surface area contributed by atoms with Crippen LogP contribution in [0.5, 0.6) is 11.5 Å². The average molecular weight is 449 g/mol. The molecule has 5 rings (SSSR count). The van der Waals surface area contributed by atoms with Crippen molar-refractivity contribution >= 4 is 23.1 Å². The van der Waals surface area contributed by atoms with Gasteiger partial charge in [0, 0.05) is 35.6 Å². The molecule has 2 N–H and O–H groups in total. The van der Waals surface area contributed by atoms with Crippen LogP contribution in [0.3, 0.4) is 0 Å². The zero-order chi connectivity index (χ0) is 23.2. The molecular formula is C26H28N2O5. The lowest BCUT2D eigenvalue weighted by Gasteiger charge is -2.23. The predicted molar refractivity (Wildman–Crippen MR) is 129 cm³/mol. The van der Waals surface area contributed by atoms with Gasteiger partial charge in [-0.15, -0.1) is 0 Å². The number of carbonyl (C=O) groups is 1. The Labute approximate surface area is 193 Å². The molecule has 0 saturated carbocycles. The van der Waals surface area contributed by atoms with Crippen LogP contribution in [0.15, 0.2) is 59.6 Å². The van der Waals surface area contributed by atoms with Crippen molar-refractivity contribution in [2.45, 2.75) is 25.9 Å². The Morgan fingerprint density at radius 3 is 2.52 bits per heavy atom. The summed E-state index contributed by atoms with van der Waals surface area (Å²) in [6.07, 6.45) is 7.60. The number of hydrogen-bond acceptors (Lipinski definition) is 6. The Hall–Kier alpha value is -3.58. The number of benzene rings is 2. The summed E-state index contributed by atoms with van der Waals surface area (Å²) in [5.41, 5.74) is 3.65. The molecule has 0 aromatic heterocycles. The summed E-state index contributed by atoms with van der Waals surface area (Å²) in [7, 11) is 1.62. The quantitative estimate of drug-likeness (QED) is 0.672. The van der Waals surface area contributed by atoms with Crippen LogP contribution in [0, 0.1) is 0 Å². The fourth-order valence-corrected chi connectivity index (χ4v) is 3.93. The van der Waals surface area contributed by atoms with Crippen molar-refractivity contribution < 1.29 is 24.1 Å². The summed E-state index contributed by atoms with van der Waals surface area (Å²) in [6, 6.07) is 11.1. The smallest absolute Gasteiger partial charge is 0.256 e. The van der Waals surface area contributed by atoms with Gasteiger partial charge in [-0.1, -0.05) is 24.3 Å². The summed E-state index contributed by atoms with van der Waals surface area (Å²) < 4.78 is 16.1. The minimum absolute atomic E-state index is 0.138. The van der Waals surface area contributed by atoms with Crippen LogP contribution in [0.25, 0.3) is 16.7 Å². The number of carbonyl (C=O) groups excluding carboxylic acids is 1. The molecule has 7 heteroatoms. The van der Waals surface area contributed by atoms with Crippen molar-refractivity contribution in [3.63, 3.8) is 0 Å². The first kappa shape index (κ1) is 22.6. The highest BCUT2D eigenvalue weighted by Crippen LogP contribution is 2.40. The maximum Gasteiger partial charge on any atom is 0.256 e. The second-order valence-corrected chi connectivity index (χ2v) is 7.81. The van der Waals surface area contributed by atoms with E-state index in [1.54, 1.807) is 19.3 Å². The number of amides is 1. The highest BCUT2D eigenvalue weighted by molar-refractivity contribution is 6.31. The fraction of sp³-hybridized carbons (Fsp3) is 0.308. The number of phenolic OH excluding ortho intramolecular Hbond substituents is 1. The van der Waals surface area contributed by atoms with E-state index in [0.717, 1.165) is 55.4 Å². The Morgan fingerprint density at radius 2 is 1.91 bits per heavy atom. The molecule has 0 spiro atoms. The molecule has 0 bridgehead atoms. The SMILES string of the molecule is C/C=C1\C(=O)Nc2cc(O)c(-c3ccc(OC4CCOCC4)cc3)cc21.COC1=NCC=C1. The molecule has 2 aromatic carbocycles. The summed E-state index contributed by atoms with van der Waals surface area (Å²) in [6.45, 7) is 4.10. The summed E-state index contributed by atoms with van der Waals surface area (Å²) >= 11 is 0. The normalized spacial score (nSPS) is 18.3. The van der Waals surface area contributed by atoms with Crippen molar-refractivity contribution in [1.82, 2.24) is 0 Å². The zero-order valence-corrected chi connectivity index (χ0v) is 18.8. The molecule has 172 valence electrons. The monoisotopic (exact) mass is 448 g/mol. The molecule has 2 aromatic rings. The van der Waals surface area contributed by atoms with E-state index in [0.29, 0.717) is 16.8 Å². The van der Waals surface area contributed by atoms with E-state index in [-0.39, 0.29) is 17.8 Å². The van der Waals surface area contributed by atoms with Gasteiger partial charge in [-0.2, -0.15) is 0 Å². The van der Waals surface area contributed by atoms with E-state index in [1.165, 1.54) is 0 Å². The molecule has 7 nitrogen and oxygen atoms in total. The second-order valence-electron chi connectivity index (χ2n) is 7.81. The number of phenols is 1. The molecular weight excluding hydrogens is 420 g/mol. The van der Waals surface area contributed by atoms with Crippen LogP contribution < -0.4 is 10.1 Å². The van der Waals surface area contributed by atoms with Gasteiger partial charge < -0.3 is 24.6 Å². The predicted octanol–water partition coefficient (Wildman–Crippen LogP) is 4.57. The van der Waals surface area contributed by atoms with Gasteiger partial charge >= 0.3 is 0 Å². The van der Waals surface area contributed by atoms with Crippen LogP contribution in [0.2, 0.25) is 0 Å². The lowest BCUT2D eigenvalue weighted by Crippen LogP contribution is -2.25. The molecule has 3 aliphatic rings. The summed E-state index contributed by atoms with van der Waals surface area (Å²) in [4.78, 5) is 15.9. The van der Waals surface area contributed by atoms with Crippen molar-refractivity contribution in [1.29, 1.82) is 0 Å². The third-order valence-electron chi connectivity index (χ3n) is 5.67. The van der Waals surface area contributed by atoms with Crippen LogP contribution >= 0.6 is 0 Å². The maximum atomic E-state index is 12.0. The number of anilines is 1. The number of methoxy groups -OCH3 is 1. The molecule has 1 fully saturated rings. The average Bonchev–Trinajstić information content (AvgIpc) is 3.47. The number of aliphatic imine (C=N–C) groups is 1. The zero-order valence-electron chi connectivity index (χ0n) is 18.8. The van der Waals surface area contributed by atoms with Crippen molar-refractivity contribution in [3.05, 3.63) is 60.2 Å². The van der Waals surface area contributed by atoms with Gasteiger partial charge in [0.15, 0.2) is 0 Å². The van der Waals surface area contributed by atoms with Gasteiger partial charge in [0.25, 0.3) is 5.91 Å². The number of rotatable bonds is 3. The lowest BCUT2D eigenvalue weighted by atomic mass is 9.98. The first-order chi connectivity index (χ1) is 16.1. The van der Waals surface area contributed by atoms with Crippen molar-refractivity contribution in [3.8, 4) is 22.6 Å². The van der Waals surface area contributed by atoms with Gasteiger partial charge in [-0.3, -0.25) is 4.79 Å². The Morgan fingerprint density at radius 1 is 1.15 bits per heavy atom. The number of fused-ring (bicyclic) bond motifs is 1. The van der Waals surface area contributed by atoms with Crippen LogP contribution in [-0.2, 0) is 14.3 Å². The summed E-state index contributed by atoms with van der Waals surface area (Å²) in [5.74, 6) is 1.55. The lowest BCUT2D eigenvalue weighted by molar-refractivity contribution is -0.110. The molecule has 3 aliphatic heterocycles. The molecule has 0 atom stereocenters. The van der Waals surface area contributed by atoms with E-state index in [4.69, 9.17) is 14.2 Å². The van der Waals surface area contributed by atoms with E-state index in [9.17, 15) is 9.90 Å². The van der Waals surface area contributed by atoms with Crippen LogP contribution in [-0.4, -0.2) is 49.9 Å². The largest absolute Gasteiger partial charge is 0.507 e. The van der Waals surface area contributed by atoms with E-state index >= 15 is 0 Å². The molecule has 0 radical (unpaired) electrons. The summed E-state index contributed by atoms with van der Waals surface area (Å²) in [5, 5.41) is 13.2. The first-order valence-corrected chi connectivity index (χ1v) is 11.0. The van der Waals surface area contributed by atoms with E-state index in [2.05, 4.69) is 10.3 Å². The van der Waals surface area contributed by atoms with Gasteiger partial charge in [0.2, 0.25) is 5.90 Å². The minimum Gasteiger partial charge on any atom is -0.507 e. The second kappa shape index (κ2) is 10.4. The van der Waals surface area contributed by atoms with Gasteiger partial charge in [-0.25, -0.2) is 4.99 Å². The van der Waals surface area contributed by atoms with Crippen LogP contribution in [0.1, 0.15) is 25.3 Å². The Bertz CT molecular complexity index is 1100. The highest BCUT2D eigenvalue weighted by atomic mass is 16.5. The number of nitrogens with one attached hydrogen (secondary N) is 1. The highest BCUT2D eigenvalue weighted by Gasteiger charge is 2.25. The number of aromatic hydroxyl groups is 1. The number of nitrogens with zero attached hydrogens (tertiary/aromatic N) is 1. The maximum absolute atomic E-state index is 12.0. The fourth-order valence-electron chi connectivity index (χ4n) is 3.93. The topological polar surface area (TPSA) is 89.4 Å². The molecule has 0 unspecified atom stereocenters. The molecule has 33 heavy (non-hydrogen) atoms. The van der Waals surface area contributed by atoms with Crippen LogP contribution in [0.4, 0.5) is 5.69 Å². The third kappa shape index (κ3) is 5.26. The van der Waals surface area contributed by atoms with Gasteiger partial charge in [-0.05, 0) is 36.8 Å².